The van der Waals surface area contributed by atoms with Crippen LogP contribution in [0.1, 0.15) is 37.5 Å². The summed E-state index contributed by atoms with van der Waals surface area (Å²) in [6, 6.07) is 12.4. The van der Waals surface area contributed by atoms with Crippen LogP contribution >= 0.6 is 11.3 Å². The molecule has 1 atom stereocenters. The van der Waals surface area contributed by atoms with Crippen molar-refractivity contribution in [2.24, 2.45) is 5.92 Å². The van der Waals surface area contributed by atoms with Crippen molar-refractivity contribution in [1.29, 1.82) is 0 Å². The lowest BCUT2D eigenvalue weighted by atomic mass is 10.0. The van der Waals surface area contributed by atoms with Crippen molar-refractivity contribution < 1.29 is 13.2 Å². The van der Waals surface area contributed by atoms with Crippen LogP contribution in [0.2, 0.25) is 0 Å². The Bertz CT molecular complexity index is 736. The second kappa shape index (κ2) is 8.44. The molecular formula is C18H23NO3S2. The summed E-state index contributed by atoms with van der Waals surface area (Å²) in [7, 11) is -3.54. The van der Waals surface area contributed by atoms with Gasteiger partial charge in [-0.1, -0.05) is 50.2 Å². The zero-order valence-corrected chi connectivity index (χ0v) is 15.6. The van der Waals surface area contributed by atoms with Crippen molar-refractivity contribution in [2.45, 2.75) is 36.1 Å². The van der Waals surface area contributed by atoms with E-state index in [1.807, 2.05) is 32.0 Å². The van der Waals surface area contributed by atoms with Gasteiger partial charge in [-0.25, -0.2) is 8.42 Å². The summed E-state index contributed by atoms with van der Waals surface area (Å²) in [5.74, 6) is -0.159. The topological polar surface area (TPSA) is 63.2 Å². The summed E-state index contributed by atoms with van der Waals surface area (Å²) in [4.78, 5) is 12.3. The van der Waals surface area contributed by atoms with Crippen LogP contribution in [0.15, 0.2) is 52.1 Å². The van der Waals surface area contributed by atoms with Crippen molar-refractivity contribution in [3.05, 3.63) is 53.4 Å². The van der Waals surface area contributed by atoms with Gasteiger partial charge in [-0.2, -0.15) is 0 Å². The van der Waals surface area contributed by atoms with E-state index in [1.54, 1.807) is 29.6 Å². The Morgan fingerprint density at radius 1 is 1.08 bits per heavy atom. The molecule has 2 aromatic rings. The Balaban J connectivity index is 2.27. The lowest BCUT2D eigenvalue weighted by Crippen LogP contribution is -2.35. The van der Waals surface area contributed by atoms with Gasteiger partial charge in [0.25, 0.3) is 0 Å². The fourth-order valence-electron chi connectivity index (χ4n) is 2.64. The molecule has 1 unspecified atom stereocenters. The Kier molecular flexibility index (Phi) is 6.57. The third kappa shape index (κ3) is 4.24. The molecule has 1 amide bonds. The van der Waals surface area contributed by atoms with Gasteiger partial charge in [0, 0.05) is 12.5 Å². The third-order valence-corrected chi connectivity index (χ3v) is 7.67. The van der Waals surface area contributed by atoms with Gasteiger partial charge in [0.1, 0.15) is 9.46 Å². The van der Waals surface area contributed by atoms with E-state index in [9.17, 15) is 13.2 Å². The van der Waals surface area contributed by atoms with E-state index >= 15 is 0 Å². The Morgan fingerprint density at radius 2 is 1.75 bits per heavy atom. The van der Waals surface area contributed by atoms with E-state index in [0.29, 0.717) is 9.77 Å². The molecule has 24 heavy (non-hydrogen) atoms. The monoisotopic (exact) mass is 365 g/mol. The van der Waals surface area contributed by atoms with E-state index in [-0.39, 0.29) is 18.4 Å². The second-order valence-corrected chi connectivity index (χ2v) is 8.94. The summed E-state index contributed by atoms with van der Waals surface area (Å²) < 4.78 is 26.3. The maximum Gasteiger partial charge on any atom is 0.223 e. The molecule has 0 radical (unpaired) electrons. The van der Waals surface area contributed by atoms with Crippen LogP contribution in [-0.2, 0) is 14.6 Å². The molecule has 130 valence electrons. The van der Waals surface area contributed by atoms with E-state index < -0.39 is 15.1 Å². The first-order valence-corrected chi connectivity index (χ1v) is 10.5. The summed E-state index contributed by atoms with van der Waals surface area (Å²) in [6.45, 7) is 4.01. The number of thiophene rings is 1. The van der Waals surface area contributed by atoms with Gasteiger partial charge in [0.2, 0.25) is 5.91 Å². The number of amides is 1. The summed E-state index contributed by atoms with van der Waals surface area (Å²) in [5, 5.41) is 3.80. The van der Waals surface area contributed by atoms with Crippen molar-refractivity contribution >= 4 is 27.1 Å². The van der Waals surface area contributed by atoms with E-state index in [0.717, 1.165) is 12.8 Å². The van der Waals surface area contributed by atoms with Crippen LogP contribution in [0.3, 0.4) is 0 Å². The van der Waals surface area contributed by atoms with Gasteiger partial charge in [-0.3, -0.25) is 4.79 Å². The average molecular weight is 366 g/mol. The molecule has 0 aliphatic rings. The highest BCUT2D eigenvalue weighted by molar-refractivity contribution is 7.93. The van der Waals surface area contributed by atoms with Gasteiger partial charge in [0.15, 0.2) is 9.84 Å². The van der Waals surface area contributed by atoms with Crippen LogP contribution in [0.4, 0.5) is 0 Å². The van der Waals surface area contributed by atoms with Crippen LogP contribution in [-0.4, -0.2) is 20.9 Å². The zero-order chi connectivity index (χ0) is 17.6. The summed E-state index contributed by atoms with van der Waals surface area (Å²) >= 11 is 1.20. The van der Waals surface area contributed by atoms with Gasteiger partial charge in [-0.15, -0.1) is 11.3 Å². The van der Waals surface area contributed by atoms with Crippen molar-refractivity contribution in [2.75, 3.05) is 6.54 Å². The van der Waals surface area contributed by atoms with Crippen LogP contribution < -0.4 is 5.32 Å². The number of benzene rings is 1. The maximum absolute atomic E-state index is 13.0. The van der Waals surface area contributed by atoms with E-state index in [4.69, 9.17) is 0 Å². The third-order valence-electron chi connectivity index (χ3n) is 4.14. The molecule has 0 fully saturated rings. The number of carbonyl (C=O) groups is 1. The predicted octanol–water partition coefficient (Wildman–Crippen LogP) is 3.82. The molecular weight excluding hydrogens is 342 g/mol. The number of hydrogen-bond acceptors (Lipinski definition) is 4. The lowest BCUT2D eigenvalue weighted by Gasteiger charge is -2.20. The number of rotatable bonds is 8. The van der Waals surface area contributed by atoms with Gasteiger partial charge in [-0.05, 0) is 29.9 Å². The summed E-state index contributed by atoms with van der Waals surface area (Å²) in [5.41, 5.74) is 0.691. The van der Waals surface area contributed by atoms with E-state index in [1.165, 1.54) is 11.3 Å². The highest BCUT2D eigenvalue weighted by Crippen LogP contribution is 2.31. The first-order chi connectivity index (χ1) is 11.5. The minimum atomic E-state index is -3.54. The SMILES string of the molecule is CCC(CC)C(=O)NCC(c1ccccc1)S(=O)(=O)c1cccs1. The molecule has 0 saturated carbocycles. The molecule has 0 bridgehead atoms. The number of sulfone groups is 1. The maximum atomic E-state index is 13.0. The molecule has 6 heteroatoms. The number of hydrogen-bond donors (Lipinski definition) is 1. The molecule has 1 aromatic heterocycles. The molecule has 4 nitrogen and oxygen atoms in total. The molecule has 1 N–H and O–H groups in total. The zero-order valence-electron chi connectivity index (χ0n) is 13.9. The first kappa shape index (κ1) is 18.7. The van der Waals surface area contributed by atoms with Gasteiger partial charge >= 0.3 is 0 Å². The van der Waals surface area contributed by atoms with Crippen LogP contribution in [0.5, 0.6) is 0 Å². The fraction of sp³-hybridized carbons (Fsp3) is 0.389. The normalized spacial score (nSPS) is 13.0. The fourth-order valence-corrected chi connectivity index (χ4v) is 5.50. The standard InChI is InChI=1S/C18H23NO3S2/c1-3-14(4-2)18(20)19-13-16(15-9-6-5-7-10-15)24(21,22)17-11-8-12-23-17/h5-12,14,16H,3-4,13H2,1-2H3,(H,19,20). The predicted molar refractivity (Wildman–Crippen MR) is 97.8 cm³/mol. The largest absolute Gasteiger partial charge is 0.354 e. The Morgan fingerprint density at radius 3 is 2.29 bits per heavy atom. The van der Waals surface area contributed by atoms with E-state index in [2.05, 4.69) is 5.32 Å². The lowest BCUT2D eigenvalue weighted by molar-refractivity contribution is -0.125. The summed E-state index contributed by atoms with van der Waals surface area (Å²) in [6.07, 6.45) is 1.49. The Hall–Kier alpha value is -1.66. The number of carbonyl (C=O) groups excluding carboxylic acids is 1. The highest BCUT2D eigenvalue weighted by atomic mass is 32.2. The van der Waals surface area contributed by atoms with Crippen molar-refractivity contribution in [1.82, 2.24) is 5.32 Å². The average Bonchev–Trinajstić information content (AvgIpc) is 3.12. The van der Waals surface area contributed by atoms with Gasteiger partial charge in [0.05, 0.1) is 0 Å². The van der Waals surface area contributed by atoms with Crippen molar-refractivity contribution in [3.63, 3.8) is 0 Å². The molecule has 1 aromatic carbocycles. The smallest absolute Gasteiger partial charge is 0.223 e. The van der Waals surface area contributed by atoms with Gasteiger partial charge < -0.3 is 5.32 Å². The quantitative estimate of drug-likeness (QED) is 0.773. The van der Waals surface area contributed by atoms with Crippen molar-refractivity contribution in [3.8, 4) is 0 Å². The highest BCUT2D eigenvalue weighted by Gasteiger charge is 2.30. The van der Waals surface area contributed by atoms with Crippen LogP contribution in [0, 0.1) is 5.92 Å². The second-order valence-electron chi connectivity index (χ2n) is 5.63. The number of nitrogens with one attached hydrogen (secondary N) is 1. The van der Waals surface area contributed by atoms with Crippen LogP contribution in [0.25, 0.3) is 0 Å². The molecule has 0 saturated heterocycles. The molecule has 0 spiro atoms. The molecule has 0 aliphatic carbocycles. The first-order valence-electron chi connectivity index (χ1n) is 8.10. The minimum Gasteiger partial charge on any atom is -0.354 e. The minimum absolute atomic E-state index is 0.0779. The molecule has 1 heterocycles. The molecule has 0 aliphatic heterocycles. The Labute approximate surface area is 147 Å². The molecule has 2 rings (SSSR count).